The molecule has 5 heteroatoms. The van der Waals surface area contributed by atoms with Crippen molar-refractivity contribution in [3.05, 3.63) is 0 Å². The molecule has 2 fully saturated rings. The first-order chi connectivity index (χ1) is 9.36. The van der Waals surface area contributed by atoms with Crippen molar-refractivity contribution in [2.24, 2.45) is 17.1 Å². The molecule has 4 nitrogen and oxygen atoms in total. The Morgan fingerprint density at radius 2 is 1.90 bits per heavy atom. The van der Waals surface area contributed by atoms with Crippen molar-refractivity contribution in [3.8, 4) is 0 Å². The van der Waals surface area contributed by atoms with Crippen LogP contribution in [0.5, 0.6) is 0 Å². The number of carbonyl (C=O) groups excluding carboxylic acids is 1. The normalized spacial score (nSPS) is 27.1. The van der Waals surface area contributed by atoms with Crippen molar-refractivity contribution >= 4 is 23.1 Å². The first kappa shape index (κ1) is 15.7. The minimum atomic E-state index is 0.199. The number of nitrogens with zero attached hydrogens (tertiary/aromatic N) is 2. The molecule has 1 heterocycles. The van der Waals surface area contributed by atoms with Crippen LogP contribution in [0.3, 0.4) is 0 Å². The molecule has 0 spiro atoms. The molecule has 1 amide bonds. The van der Waals surface area contributed by atoms with Crippen LogP contribution in [0.4, 0.5) is 0 Å². The average Bonchev–Trinajstić information content (AvgIpc) is 3.04. The summed E-state index contributed by atoms with van der Waals surface area (Å²) in [6, 6.07) is 0.199. The molecule has 2 N–H and O–H groups in total. The van der Waals surface area contributed by atoms with Gasteiger partial charge in [-0.15, -0.1) is 0 Å². The summed E-state index contributed by atoms with van der Waals surface area (Å²) in [6.45, 7) is 9.91. The molecule has 1 aliphatic heterocycles. The van der Waals surface area contributed by atoms with E-state index in [9.17, 15) is 4.79 Å². The Balaban J connectivity index is 1.86. The van der Waals surface area contributed by atoms with E-state index < -0.39 is 0 Å². The molecule has 0 aromatic carbocycles. The molecular weight excluding hydrogens is 270 g/mol. The van der Waals surface area contributed by atoms with E-state index in [-0.39, 0.29) is 17.4 Å². The average molecular weight is 297 g/mol. The zero-order valence-corrected chi connectivity index (χ0v) is 13.7. The van der Waals surface area contributed by atoms with E-state index in [1.807, 2.05) is 4.90 Å². The summed E-state index contributed by atoms with van der Waals surface area (Å²) < 4.78 is 0. The van der Waals surface area contributed by atoms with E-state index in [1.165, 1.54) is 0 Å². The van der Waals surface area contributed by atoms with Gasteiger partial charge in [0.05, 0.1) is 11.0 Å². The van der Waals surface area contributed by atoms with E-state index in [4.69, 9.17) is 18.0 Å². The van der Waals surface area contributed by atoms with Gasteiger partial charge in [-0.2, -0.15) is 0 Å². The van der Waals surface area contributed by atoms with Crippen molar-refractivity contribution in [1.29, 1.82) is 0 Å². The third-order valence-corrected chi connectivity index (χ3v) is 5.04. The number of thiocarbonyl (C=S) groups is 1. The van der Waals surface area contributed by atoms with Crippen molar-refractivity contribution in [1.82, 2.24) is 9.80 Å². The lowest BCUT2D eigenvalue weighted by Gasteiger charge is -2.39. The number of rotatable bonds is 5. The fourth-order valence-corrected chi connectivity index (χ4v) is 3.41. The smallest absolute Gasteiger partial charge is 0.226 e. The van der Waals surface area contributed by atoms with Crippen LogP contribution in [0.15, 0.2) is 0 Å². The largest absolute Gasteiger partial charge is 0.392 e. The Morgan fingerprint density at radius 3 is 2.30 bits per heavy atom. The molecule has 2 rings (SSSR count). The molecule has 2 atom stereocenters. The summed E-state index contributed by atoms with van der Waals surface area (Å²) in [5, 5.41) is 0. The Morgan fingerprint density at radius 1 is 1.35 bits per heavy atom. The molecule has 0 aromatic rings. The van der Waals surface area contributed by atoms with Gasteiger partial charge in [0.15, 0.2) is 0 Å². The van der Waals surface area contributed by atoms with Gasteiger partial charge in [0.1, 0.15) is 0 Å². The third kappa shape index (κ3) is 3.31. The lowest BCUT2D eigenvalue weighted by molar-refractivity contribution is -0.135. The van der Waals surface area contributed by atoms with Gasteiger partial charge in [-0.1, -0.05) is 39.4 Å². The van der Waals surface area contributed by atoms with Crippen LogP contribution < -0.4 is 5.73 Å². The molecular formula is C15H27N3OS. The zero-order valence-electron chi connectivity index (χ0n) is 12.9. The maximum Gasteiger partial charge on any atom is 0.226 e. The molecule has 1 aliphatic carbocycles. The van der Waals surface area contributed by atoms with Crippen molar-refractivity contribution in [2.75, 3.05) is 26.2 Å². The van der Waals surface area contributed by atoms with Crippen molar-refractivity contribution in [2.45, 2.75) is 46.1 Å². The SMILES string of the molecule is CCCC(C(N)=S)N1CCN(C(=O)C2CC2(C)C)CC1. The van der Waals surface area contributed by atoms with Crippen LogP contribution in [0.25, 0.3) is 0 Å². The number of hydrogen-bond acceptors (Lipinski definition) is 3. The highest BCUT2D eigenvalue weighted by molar-refractivity contribution is 7.80. The topological polar surface area (TPSA) is 49.6 Å². The fraction of sp³-hybridized carbons (Fsp3) is 0.867. The predicted molar refractivity (Wildman–Crippen MR) is 85.5 cm³/mol. The van der Waals surface area contributed by atoms with E-state index in [1.54, 1.807) is 0 Å². The van der Waals surface area contributed by atoms with E-state index >= 15 is 0 Å². The second-order valence-corrected chi connectivity index (χ2v) is 7.28. The molecule has 2 aliphatic rings. The minimum Gasteiger partial charge on any atom is -0.392 e. The molecule has 0 radical (unpaired) electrons. The number of hydrogen-bond donors (Lipinski definition) is 1. The number of carbonyl (C=O) groups is 1. The van der Waals surface area contributed by atoms with Crippen LogP contribution in [-0.4, -0.2) is 52.9 Å². The third-order valence-electron chi connectivity index (χ3n) is 4.77. The lowest BCUT2D eigenvalue weighted by atomic mass is 10.1. The highest BCUT2D eigenvalue weighted by atomic mass is 32.1. The molecule has 114 valence electrons. The molecule has 2 unspecified atom stereocenters. The number of nitrogens with two attached hydrogens (primary N) is 1. The highest BCUT2D eigenvalue weighted by Crippen LogP contribution is 2.52. The highest BCUT2D eigenvalue weighted by Gasteiger charge is 2.52. The molecule has 20 heavy (non-hydrogen) atoms. The van der Waals surface area contributed by atoms with E-state index in [2.05, 4.69) is 25.7 Å². The van der Waals surface area contributed by atoms with Gasteiger partial charge >= 0.3 is 0 Å². The predicted octanol–water partition coefficient (Wildman–Crippen LogP) is 1.63. The summed E-state index contributed by atoms with van der Waals surface area (Å²) in [5.74, 6) is 0.591. The van der Waals surface area contributed by atoms with Gasteiger partial charge in [-0.25, -0.2) is 0 Å². The van der Waals surface area contributed by atoms with Crippen molar-refractivity contribution in [3.63, 3.8) is 0 Å². The quantitative estimate of drug-likeness (QED) is 0.784. The van der Waals surface area contributed by atoms with Gasteiger partial charge in [-0.05, 0) is 18.3 Å². The van der Waals surface area contributed by atoms with Crippen LogP contribution in [0.2, 0.25) is 0 Å². The number of amides is 1. The molecule has 1 saturated heterocycles. The summed E-state index contributed by atoms with van der Waals surface area (Å²) in [5.41, 5.74) is 6.07. The van der Waals surface area contributed by atoms with Crippen molar-refractivity contribution < 1.29 is 4.79 Å². The Bertz CT molecular complexity index is 389. The van der Waals surface area contributed by atoms with Gasteiger partial charge in [0.2, 0.25) is 5.91 Å². The molecule has 1 saturated carbocycles. The van der Waals surface area contributed by atoms with Crippen LogP contribution in [0, 0.1) is 11.3 Å². The second-order valence-electron chi connectivity index (χ2n) is 6.81. The first-order valence-electron chi connectivity index (χ1n) is 7.69. The van der Waals surface area contributed by atoms with Crippen LogP contribution in [0.1, 0.15) is 40.0 Å². The van der Waals surface area contributed by atoms with Crippen LogP contribution >= 0.6 is 12.2 Å². The zero-order chi connectivity index (χ0) is 14.9. The second kappa shape index (κ2) is 5.98. The van der Waals surface area contributed by atoms with Gasteiger partial charge in [0.25, 0.3) is 0 Å². The monoisotopic (exact) mass is 297 g/mol. The van der Waals surface area contributed by atoms with Gasteiger partial charge in [-0.3, -0.25) is 9.69 Å². The lowest BCUT2D eigenvalue weighted by Crippen LogP contribution is -2.55. The Hall–Kier alpha value is -0.680. The summed E-state index contributed by atoms with van der Waals surface area (Å²) in [4.78, 5) is 17.3. The Kier molecular flexibility index (Phi) is 4.69. The standard InChI is InChI=1S/C15H27N3OS/c1-4-5-12(13(16)20)17-6-8-18(9-7-17)14(19)11-10-15(11,2)3/h11-12H,4-10H2,1-3H3,(H2,16,20). The summed E-state index contributed by atoms with van der Waals surface area (Å²) in [7, 11) is 0. The minimum absolute atomic E-state index is 0.199. The van der Waals surface area contributed by atoms with Crippen LogP contribution in [-0.2, 0) is 4.79 Å². The van der Waals surface area contributed by atoms with Gasteiger partial charge in [0, 0.05) is 32.1 Å². The molecule has 0 bridgehead atoms. The summed E-state index contributed by atoms with van der Waals surface area (Å²) >= 11 is 5.18. The maximum atomic E-state index is 12.4. The van der Waals surface area contributed by atoms with Gasteiger partial charge < -0.3 is 10.6 Å². The van der Waals surface area contributed by atoms with E-state index in [0.29, 0.717) is 10.9 Å². The fourth-order valence-electron chi connectivity index (χ4n) is 3.14. The maximum absolute atomic E-state index is 12.4. The summed E-state index contributed by atoms with van der Waals surface area (Å²) in [6.07, 6.45) is 3.13. The Labute approximate surface area is 127 Å². The first-order valence-corrected chi connectivity index (χ1v) is 8.10. The van der Waals surface area contributed by atoms with E-state index in [0.717, 1.165) is 45.4 Å². The number of piperazine rings is 1. The molecule has 0 aromatic heterocycles.